The van der Waals surface area contributed by atoms with Gasteiger partial charge in [0, 0.05) is 18.7 Å². The summed E-state index contributed by atoms with van der Waals surface area (Å²) >= 11 is 0. The first-order valence-electron chi connectivity index (χ1n) is 6.49. The number of aromatic nitrogens is 2. The smallest absolute Gasteiger partial charge is 0.0633 e. The predicted molar refractivity (Wildman–Crippen MR) is 63.5 cm³/mol. The predicted octanol–water partition coefficient (Wildman–Crippen LogP) is 1.82. The molecule has 1 saturated heterocycles. The minimum atomic E-state index is 0.591. The van der Waals surface area contributed by atoms with Crippen LogP contribution in [0.4, 0.5) is 0 Å². The Morgan fingerprint density at radius 3 is 2.81 bits per heavy atom. The van der Waals surface area contributed by atoms with E-state index < -0.39 is 0 Å². The van der Waals surface area contributed by atoms with Gasteiger partial charge in [0.2, 0.25) is 0 Å². The van der Waals surface area contributed by atoms with Crippen LogP contribution in [0.2, 0.25) is 0 Å². The lowest BCUT2D eigenvalue weighted by atomic mass is 9.95. The summed E-state index contributed by atoms with van der Waals surface area (Å²) in [5.41, 5.74) is 3.74. The monoisotopic (exact) mass is 217 g/mol. The maximum absolute atomic E-state index is 4.83. The first-order valence-corrected chi connectivity index (χ1v) is 6.49. The molecule has 1 unspecified atom stereocenters. The number of nitrogens with one attached hydrogen (secondary N) is 1. The van der Waals surface area contributed by atoms with Crippen molar-refractivity contribution in [1.29, 1.82) is 0 Å². The molecule has 0 spiro atoms. The molecule has 1 fully saturated rings. The highest BCUT2D eigenvalue weighted by atomic mass is 14.9. The second-order valence-corrected chi connectivity index (χ2v) is 4.94. The second kappa shape index (κ2) is 4.50. The van der Waals surface area contributed by atoms with Gasteiger partial charge in [-0.25, -0.2) is 0 Å². The van der Waals surface area contributed by atoms with E-state index in [1.165, 1.54) is 42.8 Å². The van der Waals surface area contributed by atoms with Crippen molar-refractivity contribution in [1.82, 2.24) is 15.3 Å². The van der Waals surface area contributed by atoms with Crippen molar-refractivity contribution < 1.29 is 0 Å². The first kappa shape index (κ1) is 10.2. The zero-order valence-electron chi connectivity index (χ0n) is 9.71. The molecule has 86 valence electrons. The molecule has 0 amide bonds. The van der Waals surface area contributed by atoms with Gasteiger partial charge in [-0.3, -0.25) is 9.97 Å². The average molecular weight is 217 g/mol. The molecule has 1 atom stereocenters. The molecule has 2 heterocycles. The Hall–Kier alpha value is -0.960. The number of fused-ring (bicyclic) bond motifs is 1. The van der Waals surface area contributed by atoms with Crippen molar-refractivity contribution >= 4 is 0 Å². The Bertz CT molecular complexity index is 369. The Morgan fingerprint density at radius 1 is 1.12 bits per heavy atom. The Kier molecular flexibility index (Phi) is 2.87. The molecule has 0 bridgehead atoms. The van der Waals surface area contributed by atoms with E-state index in [0.717, 1.165) is 25.9 Å². The van der Waals surface area contributed by atoms with E-state index in [1.807, 2.05) is 6.20 Å². The van der Waals surface area contributed by atoms with Gasteiger partial charge in [0.1, 0.15) is 0 Å². The molecule has 1 aromatic heterocycles. The molecular weight excluding hydrogens is 198 g/mol. The van der Waals surface area contributed by atoms with Crippen LogP contribution in [0.1, 0.15) is 48.7 Å². The molecule has 1 aromatic rings. The first-order chi connectivity index (χ1) is 7.93. The van der Waals surface area contributed by atoms with Gasteiger partial charge in [-0.15, -0.1) is 0 Å². The third-order valence-corrected chi connectivity index (χ3v) is 3.74. The maximum Gasteiger partial charge on any atom is 0.0633 e. The standard InChI is InChI=1S/C13H19N3/c1-2-6-12-11(5-1)15-9-13(16-12)10-4-3-7-14-8-10/h9-10,14H,1-8H2. The fraction of sp³-hybridized carbons (Fsp3) is 0.692. The van der Waals surface area contributed by atoms with Crippen LogP contribution in [0.25, 0.3) is 0 Å². The van der Waals surface area contributed by atoms with Crippen molar-refractivity contribution in [3.63, 3.8) is 0 Å². The van der Waals surface area contributed by atoms with E-state index in [-0.39, 0.29) is 0 Å². The number of hydrogen-bond acceptors (Lipinski definition) is 3. The van der Waals surface area contributed by atoms with E-state index in [9.17, 15) is 0 Å². The summed E-state index contributed by atoms with van der Waals surface area (Å²) in [6.45, 7) is 2.24. The van der Waals surface area contributed by atoms with E-state index in [1.54, 1.807) is 0 Å². The zero-order valence-corrected chi connectivity index (χ0v) is 9.71. The molecule has 2 aliphatic rings. The second-order valence-electron chi connectivity index (χ2n) is 4.94. The fourth-order valence-corrected chi connectivity index (χ4v) is 2.76. The van der Waals surface area contributed by atoms with Gasteiger partial charge in [0.05, 0.1) is 17.1 Å². The molecule has 16 heavy (non-hydrogen) atoms. The van der Waals surface area contributed by atoms with E-state index >= 15 is 0 Å². The lowest BCUT2D eigenvalue weighted by molar-refractivity contribution is 0.451. The van der Waals surface area contributed by atoms with Crippen LogP contribution in [-0.2, 0) is 12.8 Å². The molecule has 1 aliphatic carbocycles. The lowest BCUT2D eigenvalue weighted by Crippen LogP contribution is -2.29. The SMILES string of the molecule is c1nc2c(nc1C1CCCNC1)CCCC2. The van der Waals surface area contributed by atoms with Gasteiger partial charge in [0.15, 0.2) is 0 Å². The minimum Gasteiger partial charge on any atom is -0.316 e. The van der Waals surface area contributed by atoms with Crippen molar-refractivity contribution in [3.8, 4) is 0 Å². The molecule has 0 radical (unpaired) electrons. The van der Waals surface area contributed by atoms with Gasteiger partial charge >= 0.3 is 0 Å². The average Bonchev–Trinajstić information content (AvgIpc) is 2.39. The molecule has 3 nitrogen and oxygen atoms in total. The summed E-state index contributed by atoms with van der Waals surface area (Å²) in [7, 11) is 0. The molecular formula is C13H19N3. The molecule has 3 rings (SSSR count). The van der Waals surface area contributed by atoms with Crippen molar-refractivity contribution in [3.05, 3.63) is 23.3 Å². The summed E-state index contributed by atoms with van der Waals surface area (Å²) in [4.78, 5) is 9.44. The molecule has 1 N–H and O–H groups in total. The fourth-order valence-electron chi connectivity index (χ4n) is 2.76. The van der Waals surface area contributed by atoms with Crippen molar-refractivity contribution in [2.45, 2.75) is 44.4 Å². The number of rotatable bonds is 1. The van der Waals surface area contributed by atoms with E-state index in [2.05, 4.69) is 10.3 Å². The molecule has 3 heteroatoms. The summed E-state index contributed by atoms with van der Waals surface area (Å²) in [6.07, 6.45) is 9.38. The zero-order chi connectivity index (χ0) is 10.8. The summed E-state index contributed by atoms with van der Waals surface area (Å²) in [5, 5.41) is 3.45. The highest BCUT2D eigenvalue weighted by molar-refractivity contribution is 5.19. The van der Waals surface area contributed by atoms with Crippen LogP contribution >= 0.6 is 0 Å². The van der Waals surface area contributed by atoms with Gasteiger partial charge < -0.3 is 5.32 Å². The quantitative estimate of drug-likeness (QED) is 0.779. The third-order valence-electron chi connectivity index (χ3n) is 3.74. The lowest BCUT2D eigenvalue weighted by Gasteiger charge is -2.23. The van der Waals surface area contributed by atoms with Crippen LogP contribution in [-0.4, -0.2) is 23.1 Å². The topological polar surface area (TPSA) is 37.8 Å². The highest BCUT2D eigenvalue weighted by Crippen LogP contribution is 2.24. The van der Waals surface area contributed by atoms with Crippen LogP contribution in [0, 0.1) is 0 Å². The van der Waals surface area contributed by atoms with Crippen LogP contribution in [0.3, 0.4) is 0 Å². The number of nitrogens with zero attached hydrogens (tertiary/aromatic N) is 2. The number of piperidine rings is 1. The van der Waals surface area contributed by atoms with Crippen LogP contribution < -0.4 is 5.32 Å². The van der Waals surface area contributed by atoms with Gasteiger partial charge in [-0.05, 0) is 45.1 Å². The Labute approximate surface area is 96.7 Å². The minimum absolute atomic E-state index is 0.591. The van der Waals surface area contributed by atoms with Crippen molar-refractivity contribution in [2.24, 2.45) is 0 Å². The van der Waals surface area contributed by atoms with E-state index in [4.69, 9.17) is 4.98 Å². The largest absolute Gasteiger partial charge is 0.316 e. The summed E-state index contributed by atoms with van der Waals surface area (Å²) in [6, 6.07) is 0. The molecule has 0 saturated carbocycles. The van der Waals surface area contributed by atoms with Gasteiger partial charge in [-0.1, -0.05) is 0 Å². The summed E-state index contributed by atoms with van der Waals surface area (Å²) < 4.78 is 0. The van der Waals surface area contributed by atoms with E-state index in [0.29, 0.717) is 5.92 Å². The third kappa shape index (κ3) is 1.96. The Morgan fingerprint density at radius 2 is 2.00 bits per heavy atom. The number of aryl methyl sites for hydroxylation is 2. The maximum atomic E-state index is 4.83. The van der Waals surface area contributed by atoms with Gasteiger partial charge in [-0.2, -0.15) is 0 Å². The van der Waals surface area contributed by atoms with Crippen LogP contribution in [0.15, 0.2) is 6.20 Å². The van der Waals surface area contributed by atoms with Gasteiger partial charge in [0.25, 0.3) is 0 Å². The molecule has 1 aliphatic heterocycles. The summed E-state index contributed by atoms with van der Waals surface area (Å²) in [5.74, 6) is 0.591. The normalized spacial score (nSPS) is 25.1. The molecule has 0 aromatic carbocycles. The van der Waals surface area contributed by atoms with Crippen molar-refractivity contribution in [2.75, 3.05) is 13.1 Å². The van der Waals surface area contributed by atoms with Crippen LogP contribution in [0.5, 0.6) is 0 Å². The highest BCUT2D eigenvalue weighted by Gasteiger charge is 2.19. The number of hydrogen-bond donors (Lipinski definition) is 1. The Balaban J connectivity index is 1.84.